The number of oxime groups is 1. The van der Waals surface area contributed by atoms with E-state index in [1.54, 1.807) is 20.8 Å². The van der Waals surface area contributed by atoms with Gasteiger partial charge in [0.05, 0.1) is 5.03 Å². The molecule has 1 unspecified atom stereocenters. The van der Waals surface area contributed by atoms with Gasteiger partial charge >= 0.3 is 11.9 Å². The Labute approximate surface area is 211 Å². The van der Waals surface area contributed by atoms with E-state index in [1.165, 1.54) is 11.8 Å². The molecule has 2 aliphatic heterocycles. The average molecular weight is 552 g/mol. The molecule has 4 N–H and O–H groups in total. The van der Waals surface area contributed by atoms with Crippen molar-refractivity contribution in [2.45, 2.75) is 37.8 Å². The molecular weight excluding hydrogens is 533 g/mol. The molecule has 2 atom stereocenters. The normalized spacial score (nSPS) is 20.4. The van der Waals surface area contributed by atoms with Gasteiger partial charge in [0.1, 0.15) is 32.7 Å². The Balaban J connectivity index is 1.78. The number of fused-ring (bicyclic) bond motifs is 1. The number of hydrogen-bond donors (Lipinski definition) is 3. The van der Waals surface area contributed by atoms with Gasteiger partial charge in [0.2, 0.25) is 6.61 Å². The number of aliphatic carboxylic acids is 1. The number of carbonyl (C=O) groups excluding carboxylic acids is 3. The van der Waals surface area contributed by atoms with Crippen LogP contribution < -0.4 is 11.1 Å². The Bertz CT molecular complexity index is 1110. The number of β-lactam (4-membered cyclic amide) rings is 1. The molecule has 16 heteroatoms. The maximum Gasteiger partial charge on any atom is 0.353 e. The molecule has 0 radical (unpaired) electrons. The van der Waals surface area contributed by atoms with Crippen molar-refractivity contribution in [2.24, 2.45) is 5.16 Å². The summed E-state index contributed by atoms with van der Waals surface area (Å²) in [6, 6.07) is -1.07. The number of esters is 1. The van der Waals surface area contributed by atoms with Crippen LogP contribution in [0.3, 0.4) is 0 Å². The van der Waals surface area contributed by atoms with Gasteiger partial charge in [0.15, 0.2) is 10.8 Å². The highest BCUT2D eigenvalue weighted by Gasteiger charge is 2.54. The molecule has 34 heavy (non-hydrogen) atoms. The van der Waals surface area contributed by atoms with Crippen LogP contribution >= 0.6 is 46.3 Å². The third kappa shape index (κ3) is 5.56. The van der Waals surface area contributed by atoms with Crippen LogP contribution in [-0.4, -0.2) is 73.8 Å². The molecule has 184 valence electrons. The molecule has 1 saturated heterocycles. The van der Waals surface area contributed by atoms with Gasteiger partial charge in [0.25, 0.3) is 11.8 Å². The molecule has 0 aromatic carbocycles. The second-order valence-electron chi connectivity index (χ2n) is 7.89. The molecule has 0 aliphatic carbocycles. The molecule has 2 aliphatic rings. The van der Waals surface area contributed by atoms with Crippen LogP contribution in [0.15, 0.2) is 15.9 Å². The predicted molar refractivity (Wildman–Crippen MR) is 125 cm³/mol. The molecule has 2 amide bonds. The Morgan fingerprint density at radius 2 is 2.03 bits per heavy atom. The molecule has 1 aromatic heterocycles. The molecular formula is C18H19Cl2N5O7S2. The van der Waals surface area contributed by atoms with Gasteiger partial charge in [-0.25, -0.2) is 14.6 Å². The lowest BCUT2D eigenvalue weighted by molar-refractivity contribution is -0.160. The number of thiazole rings is 1. The van der Waals surface area contributed by atoms with Crippen molar-refractivity contribution in [3.05, 3.63) is 20.8 Å². The minimum atomic E-state index is -1.35. The standard InChI is InChI=1S/C18H19Cl2N5O7S2/c1-18(2,3)32-7(26)4-31-24-9(8-12(20)34-17(21)23-8)13(27)22-10-14(28)25-11(16(29)30)6(19)5-33-15(10)25/h10,15H,4-5H2,1-3H3,(H2,21,23)(H,22,27)(H,29,30)/b24-9+/t10?,15-/m1/s1. The first-order valence-electron chi connectivity index (χ1n) is 9.51. The van der Waals surface area contributed by atoms with Crippen molar-refractivity contribution < 1.29 is 33.9 Å². The number of carbonyl (C=O) groups is 4. The number of hydrogen-bond acceptors (Lipinski definition) is 11. The highest BCUT2D eigenvalue weighted by Crippen LogP contribution is 2.41. The molecule has 3 rings (SSSR count). The number of halogens is 2. The lowest BCUT2D eigenvalue weighted by Gasteiger charge is -2.48. The van der Waals surface area contributed by atoms with E-state index in [9.17, 15) is 24.3 Å². The minimum absolute atomic E-state index is 0.0226. The smallest absolute Gasteiger partial charge is 0.353 e. The lowest BCUT2D eigenvalue weighted by atomic mass is 10.0. The summed E-state index contributed by atoms with van der Waals surface area (Å²) in [6.07, 6.45) is 0. The Morgan fingerprint density at radius 3 is 2.59 bits per heavy atom. The Hall–Kier alpha value is -2.55. The number of rotatable bonds is 7. The first kappa shape index (κ1) is 26.1. The number of nitrogen functional groups attached to an aromatic ring is 1. The van der Waals surface area contributed by atoms with E-state index in [4.69, 9.17) is 38.5 Å². The van der Waals surface area contributed by atoms with Crippen molar-refractivity contribution in [3.63, 3.8) is 0 Å². The van der Waals surface area contributed by atoms with Gasteiger partial charge in [-0.3, -0.25) is 14.5 Å². The highest BCUT2D eigenvalue weighted by atomic mass is 35.5. The third-order valence-corrected chi connectivity index (χ3v) is 7.05. The molecule has 1 fully saturated rings. The maximum absolute atomic E-state index is 13.0. The number of aromatic nitrogens is 1. The Morgan fingerprint density at radius 1 is 1.35 bits per heavy atom. The minimum Gasteiger partial charge on any atom is -0.477 e. The average Bonchev–Trinajstić information content (AvgIpc) is 3.05. The van der Waals surface area contributed by atoms with Gasteiger partial charge in [-0.1, -0.05) is 39.7 Å². The first-order valence-corrected chi connectivity index (χ1v) is 12.1. The van der Waals surface area contributed by atoms with Gasteiger partial charge < -0.3 is 25.7 Å². The number of ether oxygens (including phenoxy) is 1. The molecule has 0 bridgehead atoms. The summed E-state index contributed by atoms with van der Waals surface area (Å²) >= 11 is 14.1. The summed E-state index contributed by atoms with van der Waals surface area (Å²) < 4.78 is 5.14. The zero-order valence-electron chi connectivity index (χ0n) is 18.0. The molecule has 3 heterocycles. The van der Waals surface area contributed by atoms with Gasteiger partial charge in [-0.15, -0.1) is 11.8 Å². The van der Waals surface area contributed by atoms with E-state index >= 15 is 0 Å². The van der Waals surface area contributed by atoms with Crippen molar-refractivity contribution in [1.29, 1.82) is 0 Å². The van der Waals surface area contributed by atoms with E-state index in [0.717, 1.165) is 16.2 Å². The van der Waals surface area contributed by atoms with Crippen LogP contribution in [-0.2, 0) is 28.8 Å². The molecule has 0 saturated carbocycles. The topological polar surface area (TPSA) is 174 Å². The Kier molecular flexibility index (Phi) is 7.65. The number of anilines is 1. The summed E-state index contributed by atoms with van der Waals surface area (Å²) in [7, 11) is 0. The first-order chi connectivity index (χ1) is 15.8. The van der Waals surface area contributed by atoms with E-state index in [-0.39, 0.29) is 31.6 Å². The van der Waals surface area contributed by atoms with E-state index < -0.39 is 53.1 Å². The summed E-state index contributed by atoms with van der Waals surface area (Å²) in [6.45, 7) is 4.41. The number of nitrogens with zero attached hydrogens (tertiary/aromatic N) is 3. The predicted octanol–water partition coefficient (Wildman–Crippen LogP) is 1.38. The van der Waals surface area contributed by atoms with E-state index in [1.807, 2.05) is 0 Å². The van der Waals surface area contributed by atoms with E-state index in [2.05, 4.69) is 15.5 Å². The van der Waals surface area contributed by atoms with Crippen molar-refractivity contribution in [1.82, 2.24) is 15.2 Å². The quantitative estimate of drug-likeness (QED) is 0.194. The second-order valence-corrected chi connectivity index (χ2v) is 11.1. The number of carboxylic acid groups (broad SMARTS) is 1. The van der Waals surface area contributed by atoms with Crippen LogP contribution in [0, 0.1) is 0 Å². The van der Waals surface area contributed by atoms with Gasteiger partial charge in [0, 0.05) is 5.75 Å². The molecule has 0 spiro atoms. The SMILES string of the molecule is CC(C)(C)OC(=O)CO/N=C(/C(=O)NC1C(=O)N2C(C(=O)O)=C(Cl)CS[C@H]12)c1nc(N)sc1Cl. The van der Waals surface area contributed by atoms with Crippen LogP contribution in [0.2, 0.25) is 4.34 Å². The van der Waals surface area contributed by atoms with Crippen LogP contribution in [0.5, 0.6) is 0 Å². The monoisotopic (exact) mass is 551 g/mol. The van der Waals surface area contributed by atoms with Gasteiger partial charge in [-0.2, -0.15) is 0 Å². The fourth-order valence-electron chi connectivity index (χ4n) is 2.97. The highest BCUT2D eigenvalue weighted by molar-refractivity contribution is 8.00. The van der Waals surface area contributed by atoms with Crippen LogP contribution in [0.4, 0.5) is 5.13 Å². The van der Waals surface area contributed by atoms with Crippen molar-refractivity contribution in [3.8, 4) is 0 Å². The van der Waals surface area contributed by atoms with Crippen molar-refractivity contribution in [2.75, 3.05) is 18.1 Å². The zero-order valence-corrected chi connectivity index (χ0v) is 21.1. The number of thioether (sulfide) groups is 1. The zero-order chi connectivity index (χ0) is 25.4. The second kappa shape index (κ2) is 9.98. The summed E-state index contributed by atoms with van der Waals surface area (Å²) in [4.78, 5) is 58.9. The number of nitrogens with two attached hydrogens (primary N) is 1. The van der Waals surface area contributed by atoms with Crippen LogP contribution in [0.1, 0.15) is 26.5 Å². The fourth-order valence-corrected chi connectivity index (χ4v) is 5.45. The van der Waals surface area contributed by atoms with Crippen LogP contribution in [0.25, 0.3) is 0 Å². The number of carboxylic acids is 1. The third-order valence-electron chi connectivity index (χ3n) is 4.21. The molecule has 12 nitrogen and oxygen atoms in total. The van der Waals surface area contributed by atoms with E-state index in [0.29, 0.717) is 0 Å². The largest absolute Gasteiger partial charge is 0.477 e. The number of amides is 2. The van der Waals surface area contributed by atoms with Gasteiger partial charge in [-0.05, 0) is 20.8 Å². The summed E-state index contributed by atoms with van der Waals surface area (Å²) in [5, 5.41) is 14.9. The summed E-state index contributed by atoms with van der Waals surface area (Å²) in [5.41, 5.74) is 4.03. The summed E-state index contributed by atoms with van der Waals surface area (Å²) in [5.74, 6) is -3.49. The lowest BCUT2D eigenvalue weighted by Crippen LogP contribution is -2.71. The van der Waals surface area contributed by atoms with Crippen molar-refractivity contribution >= 4 is 80.9 Å². The fraction of sp³-hybridized carbons (Fsp3) is 0.444. The molecule has 1 aromatic rings. The maximum atomic E-state index is 13.0. The number of nitrogens with one attached hydrogen (secondary N) is 1.